The summed E-state index contributed by atoms with van der Waals surface area (Å²) in [6.45, 7) is 12.9. The molecule has 2 saturated heterocycles. The van der Waals surface area contributed by atoms with Crippen molar-refractivity contribution in [3.63, 3.8) is 0 Å². The van der Waals surface area contributed by atoms with Crippen molar-refractivity contribution < 1.29 is 17.9 Å². The Hall–Kier alpha value is -4.07. The molecule has 53 heavy (non-hydrogen) atoms. The van der Waals surface area contributed by atoms with Crippen molar-refractivity contribution in [3.8, 4) is 0 Å². The highest BCUT2D eigenvalue weighted by atomic mass is 32.1. The van der Waals surface area contributed by atoms with E-state index in [1.807, 2.05) is 26.8 Å². The van der Waals surface area contributed by atoms with Gasteiger partial charge >= 0.3 is 0 Å². The number of hydrogen-bond donors (Lipinski definition) is 0. The second-order valence-electron chi connectivity index (χ2n) is 15.1. The van der Waals surface area contributed by atoms with Gasteiger partial charge in [-0.3, -0.25) is 19.8 Å². The Labute approximate surface area is 312 Å². The van der Waals surface area contributed by atoms with E-state index < -0.39 is 11.8 Å². The first-order chi connectivity index (χ1) is 25.5. The molecule has 9 nitrogen and oxygen atoms in total. The van der Waals surface area contributed by atoms with Gasteiger partial charge in [0.05, 0.1) is 32.8 Å². The van der Waals surface area contributed by atoms with Crippen LogP contribution < -0.4 is 0 Å². The Bertz CT molecular complexity index is 2110. The van der Waals surface area contributed by atoms with Crippen LogP contribution in [0.15, 0.2) is 46.4 Å². The van der Waals surface area contributed by atoms with Crippen molar-refractivity contribution in [1.82, 2.24) is 29.7 Å². The number of nitrogens with zero attached hydrogens (tertiary/aromatic N) is 8. The van der Waals surface area contributed by atoms with Crippen LogP contribution in [0.3, 0.4) is 0 Å². The first-order valence-corrected chi connectivity index (χ1v) is 19.5. The van der Waals surface area contributed by atoms with Crippen LogP contribution in [-0.2, 0) is 17.6 Å². The molecule has 0 aliphatic carbocycles. The highest BCUT2D eigenvalue weighted by Crippen LogP contribution is 2.36. The molecule has 0 amide bonds. The van der Waals surface area contributed by atoms with E-state index in [4.69, 9.17) is 19.7 Å². The Balaban J connectivity index is 1.10. The summed E-state index contributed by atoms with van der Waals surface area (Å²) in [6, 6.07) is 6.21. The van der Waals surface area contributed by atoms with Crippen molar-refractivity contribution >= 4 is 33.3 Å². The van der Waals surface area contributed by atoms with Crippen molar-refractivity contribution in [2.24, 2.45) is 15.9 Å². The Morgan fingerprint density at radius 2 is 1.77 bits per heavy atom. The van der Waals surface area contributed by atoms with Gasteiger partial charge in [0.2, 0.25) is 5.95 Å². The molecule has 278 valence electrons. The smallest absolute Gasteiger partial charge is 0.215 e. The summed E-state index contributed by atoms with van der Waals surface area (Å²) in [6.07, 6.45) is 7.55. The standard InChI is InChI=1S/C40H45F3N8OS/c1-21-13-31(37(43)22(2)44-21)27-7-6-11-50(20-27)23(3)33-15-28(38-40(49-33)46-25(5)53-38)16-34(32-8-9-35-39(48-32)45-24(4)52-35)51-12-10-26(19-51)14-30-17-29(41)18-36(42)47-30/h8-9,13,15,17-18,23,26-27,34-35,39H,6-7,10-12,14,16,19-20H2,1-5H3/t23-,26+,27?,34?,35?,39?/m0/s1. The number of aromatic nitrogens is 4. The minimum Gasteiger partial charge on any atom is -0.469 e. The van der Waals surface area contributed by atoms with Crippen molar-refractivity contribution in [2.45, 2.75) is 97.0 Å². The molecular formula is C40H45F3N8OS. The predicted molar refractivity (Wildman–Crippen MR) is 201 cm³/mol. The number of dihydropyridines is 1. The third-order valence-electron chi connectivity index (χ3n) is 11.2. The number of hydrogen-bond acceptors (Lipinski definition) is 10. The maximum Gasteiger partial charge on any atom is 0.215 e. The van der Waals surface area contributed by atoms with E-state index in [2.05, 4.69) is 49.9 Å². The van der Waals surface area contributed by atoms with E-state index in [1.54, 1.807) is 18.3 Å². The zero-order valence-electron chi connectivity index (χ0n) is 30.8. The molecule has 4 aromatic heterocycles. The van der Waals surface area contributed by atoms with E-state index in [9.17, 15) is 8.78 Å². The van der Waals surface area contributed by atoms with E-state index >= 15 is 4.39 Å². The summed E-state index contributed by atoms with van der Waals surface area (Å²) in [5.74, 6) is -0.693. The Kier molecular flexibility index (Phi) is 9.92. The third kappa shape index (κ3) is 7.52. The molecule has 6 atom stereocenters. The maximum absolute atomic E-state index is 15.3. The number of likely N-dealkylation sites (tertiary alicyclic amines) is 2. The van der Waals surface area contributed by atoms with E-state index in [0.29, 0.717) is 30.1 Å². The molecular weight excluding hydrogens is 698 g/mol. The number of piperidine rings is 1. The predicted octanol–water partition coefficient (Wildman–Crippen LogP) is 7.39. The molecule has 4 unspecified atom stereocenters. The molecule has 0 N–H and O–H groups in total. The van der Waals surface area contributed by atoms with Gasteiger partial charge in [-0.2, -0.15) is 4.39 Å². The molecule has 8 rings (SSSR count). The fourth-order valence-electron chi connectivity index (χ4n) is 8.64. The summed E-state index contributed by atoms with van der Waals surface area (Å²) < 4.78 is 50.3. The van der Waals surface area contributed by atoms with Crippen LogP contribution in [0.25, 0.3) is 10.3 Å². The lowest BCUT2D eigenvalue weighted by Gasteiger charge is -2.37. The minimum absolute atomic E-state index is 0.00976. The van der Waals surface area contributed by atoms with Gasteiger partial charge in [0.1, 0.15) is 11.6 Å². The average Bonchev–Trinajstić information content (AvgIpc) is 3.84. The first-order valence-electron chi connectivity index (χ1n) is 18.6. The number of fused-ring (bicyclic) bond motifs is 2. The summed E-state index contributed by atoms with van der Waals surface area (Å²) in [7, 11) is 0. The van der Waals surface area contributed by atoms with Gasteiger partial charge in [0, 0.05) is 43.5 Å². The third-order valence-corrected chi connectivity index (χ3v) is 12.2. The maximum atomic E-state index is 15.3. The fourth-order valence-corrected chi connectivity index (χ4v) is 9.52. The number of ether oxygens (including phenoxy) is 1. The molecule has 0 radical (unpaired) electrons. The molecule has 13 heteroatoms. The molecule has 0 saturated carbocycles. The largest absolute Gasteiger partial charge is 0.469 e. The van der Waals surface area contributed by atoms with E-state index in [1.165, 1.54) is 6.07 Å². The van der Waals surface area contributed by atoms with Crippen LogP contribution >= 0.6 is 11.3 Å². The second-order valence-corrected chi connectivity index (χ2v) is 16.3. The number of thiazole rings is 1. The van der Waals surface area contributed by atoms with E-state index in [-0.39, 0.29) is 42.0 Å². The van der Waals surface area contributed by atoms with Gasteiger partial charge < -0.3 is 4.74 Å². The minimum atomic E-state index is -0.792. The number of halogens is 3. The van der Waals surface area contributed by atoms with Crippen molar-refractivity contribution in [1.29, 1.82) is 0 Å². The van der Waals surface area contributed by atoms with Gasteiger partial charge in [-0.25, -0.2) is 28.7 Å². The van der Waals surface area contributed by atoms with Gasteiger partial charge in [-0.15, -0.1) is 11.3 Å². The summed E-state index contributed by atoms with van der Waals surface area (Å²) >= 11 is 1.66. The highest BCUT2D eigenvalue weighted by Gasteiger charge is 2.37. The topological polar surface area (TPSA) is 92.0 Å². The zero-order chi connectivity index (χ0) is 37.0. The van der Waals surface area contributed by atoms with Gasteiger partial charge in [0.15, 0.2) is 23.8 Å². The van der Waals surface area contributed by atoms with Crippen molar-refractivity contribution in [3.05, 3.63) is 92.9 Å². The van der Waals surface area contributed by atoms with Gasteiger partial charge in [-0.05, 0) is 126 Å². The SMILES string of the molecule is CC1=NC2N=C(C(Cc3cc([C@H](C)N4CCCC(c5cc(C)nc(C)c5F)C4)nc4nc(C)sc34)N3CC[C@H](Cc4cc(F)cc(F)n4)C3)C=CC2O1. The monoisotopic (exact) mass is 742 g/mol. The zero-order valence-corrected chi connectivity index (χ0v) is 31.6. The Morgan fingerprint density at radius 1 is 0.925 bits per heavy atom. The summed E-state index contributed by atoms with van der Waals surface area (Å²) in [5, 5.41) is 0.953. The second kappa shape index (κ2) is 14.6. The normalized spacial score (nSPS) is 24.6. The first kappa shape index (κ1) is 35.9. The van der Waals surface area contributed by atoms with Crippen molar-refractivity contribution in [2.75, 3.05) is 26.2 Å². The average molecular weight is 743 g/mol. The molecule has 0 aromatic carbocycles. The van der Waals surface area contributed by atoms with Gasteiger partial charge in [-0.1, -0.05) is 0 Å². The molecule has 4 aliphatic rings. The number of pyridine rings is 3. The van der Waals surface area contributed by atoms with Crippen LogP contribution in [0.2, 0.25) is 0 Å². The molecule has 0 bridgehead atoms. The fraction of sp³-hybridized carbons (Fsp3) is 0.500. The lowest BCUT2D eigenvalue weighted by atomic mass is 9.88. The molecule has 8 heterocycles. The van der Waals surface area contributed by atoms with Crippen LogP contribution in [0.1, 0.15) is 84.0 Å². The van der Waals surface area contributed by atoms with Crippen LogP contribution in [0.5, 0.6) is 0 Å². The van der Waals surface area contributed by atoms with Crippen LogP contribution in [0, 0.1) is 44.3 Å². The highest BCUT2D eigenvalue weighted by molar-refractivity contribution is 7.18. The quantitative estimate of drug-likeness (QED) is 0.165. The number of rotatable bonds is 9. The lowest BCUT2D eigenvalue weighted by Crippen LogP contribution is -2.43. The summed E-state index contributed by atoms with van der Waals surface area (Å²) in [4.78, 5) is 33.0. The molecule has 4 aromatic rings. The number of aryl methyl sites for hydroxylation is 3. The van der Waals surface area contributed by atoms with Crippen LogP contribution in [0.4, 0.5) is 13.2 Å². The Morgan fingerprint density at radius 3 is 2.60 bits per heavy atom. The molecule has 0 spiro atoms. The number of aliphatic imine (C=N–C) groups is 2. The summed E-state index contributed by atoms with van der Waals surface area (Å²) in [5.41, 5.74) is 6.27. The van der Waals surface area contributed by atoms with Gasteiger partial charge in [0.25, 0.3) is 0 Å². The molecule has 4 aliphatic heterocycles. The lowest BCUT2D eigenvalue weighted by molar-refractivity contribution is 0.154. The van der Waals surface area contributed by atoms with E-state index in [0.717, 1.165) is 95.1 Å². The molecule has 2 fully saturated rings. The van der Waals surface area contributed by atoms with Crippen LogP contribution in [-0.4, -0.2) is 85.8 Å².